The van der Waals surface area contributed by atoms with Gasteiger partial charge in [-0.15, -0.1) is 0 Å². The number of ether oxygens (including phenoxy) is 1. The Kier molecular flexibility index (Phi) is 6.92. The van der Waals surface area contributed by atoms with Crippen LogP contribution < -0.4 is 10.7 Å². The van der Waals surface area contributed by atoms with Crippen molar-refractivity contribution >= 4 is 35.1 Å². The maximum absolute atomic E-state index is 13.5. The minimum atomic E-state index is -4.59. The molecule has 1 N–H and O–H groups in total. The second kappa shape index (κ2) is 9.96. The van der Waals surface area contributed by atoms with E-state index in [1.807, 2.05) is 0 Å². The molecule has 1 aliphatic carbocycles. The van der Waals surface area contributed by atoms with Crippen LogP contribution in [-0.4, -0.2) is 41.8 Å². The molecule has 1 unspecified atom stereocenters. The third-order valence-electron chi connectivity index (χ3n) is 6.09. The Bertz CT molecular complexity index is 1460. The van der Waals surface area contributed by atoms with E-state index in [4.69, 9.17) is 9.15 Å². The number of nitrogens with zero attached hydrogens (tertiary/aromatic N) is 2. The number of H-pyrrole nitrogens is 1. The first-order chi connectivity index (χ1) is 17.5. The van der Waals surface area contributed by atoms with Gasteiger partial charge < -0.3 is 14.1 Å². The summed E-state index contributed by atoms with van der Waals surface area (Å²) in [6, 6.07) is 7.29. The van der Waals surface area contributed by atoms with E-state index >= 15 is 0 Å². The first-order valence-corrected chi connectivity index (χ1v) is 11.3. The zero-order chi connectivity index (χ0) is 26.9. The van der Waals surface area contributed by atoms with Crippen LogP contribution in [0.3, 0.4) is 0 Å². The number of aromatic nitrogens is 1. The number of hydrogen-bond donors (Lipinski definition) is 1. The first kappa shape index (κ1) is 25.7. The number of fused-ring (bicyclic) bond motifs is 2. The second-order valence-corrected chi connectivity index (χ2v) is 8.31. The van der Waals surface area contributed by atoms with Crippen molar-refractivity contribution in [3.8, 4) is 0 Å². The van der Waals surface area contributed by atoms with Crippen molar-refractivity contribution in [1.82, 2.24) is 9.88 Å². The number of halogens is 3. The third-order valence-corrected chi connectivity index (χ3v) is 6.09. The molecule has 2 aromatic carbocycles. The topological polar surface area (TPSA) is 113 Å². The molecule has 9 nitrogen and oxygen atoms in total. The number of anilines is 1. The van der Waals surface area contributed by atoms with E-state index in [1.165, 1.54) is 37.1 Å². The molecule has 1 heterocycles. The van der Waals surface area contributed by atoms with Gasteiger partial charge in [-0.2, -0.15) is 13.2 Å². The number of amides is 2. The Morgan fingerprint density at radius 1 is 1.24 bits per heavy atom. The van der Waals surface area contributed by atoms with Crippen molar-refractivity contribution in [1.29, 1.82) is 0 Å². The van der Waals surface area contributed by atoms with Crippen molar-refractivity contribution in [2.24, 2.45) is 0 Å². The van der Waals surface area contributed by atoms with Gasteiger partial charge in [0.05, 0.1) is 23.7 Å². The number of alkyl halides is 3. The smallest absolute Gasteiger partial charge is 0.417 e. The number of esters is 1. The average Bonchev–Trinajstić information content (AvgIpc) is 3.44. The number of hydrogen-bond acceptors (Lipinski definition) is 7. The van der Waals surface area contributed by atoms with Crippen LogP contribution in [0.4, 0.5) is 18.9 Å². The number of rotatable bonds is 7. The van der Waals surface area contributed by atoms with Crippen LogP contribution in [-0.2, 0) is 31.7 Å². The summed E-state index contributed by atoms with van der Waals surface area (Å²) < 4.78 is 50.5. The maximum atomic E-state index is 13.5. The Morgan fingerprint density at radius 2 is 2.00 bits per heavy atom. The molecule has 0 saturated heterocycles. The predicted molar refractivity (Wildman–Crippen MR) is 125 cm³/mol. The van der Waals surface area contributed by atoms with Crippen molar-refractivity contribution in [3.63, 3.8) is 0 Å². The number of imide groups is 1. The highest BCUT2D eigenvalue weighted by Crippen LogP contribution is 2.42. The summed E-state index contributed by atoms with van der Waals surface area (Å²) in [7, 11) is 1.52. The molecule has 0 spiro atoms. The molecule has 1 atom stereocenters. The highest BCUT2D eigenvalue weighted by molar-refractivity contribution is 6.18. The minimum absolute atomic E-state index is 0.00748. The highest BCUT2D eigenvalue weighted by Gasteiger charge is 2.40. The molecule has 2 amide bonds. The van der Waals surface area contributed by atoms with Crippen molar-refractivity contribution in [3.05, 3.63) is 75.4 Å². The van der Waals surface area contributed by atoms with Crippen LogP contribution in [0, 0.1) is 0 Å². The lowest BCUT2D eigenvalue weighted by atomic mass is 10.0. The van der Waals surface area contributed by atoms with Gasteiger partial charge in [0.15, 0.2) is 5.58 Å². The largest absolute Gasteiger partial charge is 0.462 e. The van der Waals surface area contributed by atoms with Gasteiger partial charge in [-0.05, 0) is 49.1 Å². The monoisotopic (exact) mass is 517 g/mol. The van der Waals surface area contributed by atoms with E-state index in [0.717, 1.165) is 17.2 Å². The van der Waals surface area contributed by atoms with E-state index < -0.39 is 41.0 Å². The fourth-order valence-corrected chi connectivity index (χ4v) is 4.41. The summed E-state index contributed by atoms with van der Waals surface area (Å²) in [5, 5.41) is 0. The van der Waals surface area contributed by atoms with Gasteiger partial charge in [0.1, 0.15) is 5.57 Å². The zero-order valence-corrected chi connectivity index (χ0v) is 19.8. The van der Waals surface area contributed by atoms with Crippen molar-refractivity contribution < 1.29 is 36.7 Å². The molecule has 1 aliphatic rings. The van der Waals surface area contributed by atoms with Crippen LogP contribution in [0.5, 0.6) is 0 Å². The lowest BCUT2D eigenvalue weighted by molar-refractivity contribution is -0.144. The van der Waals surface area contributed by atoms with Gasteiger partial charge in [-0.25, -0.2) is 9.59 Å². The molecule has 0 radical (unpaired) electrons. The van der Waals surface area contributed by atoms with Gasteiger partial charge in [0.2, 0.25) is 6.41 Å². The molecular weight excluding hydrogens is 495 g/mol. The SMILES string of the molecule is CCOC(=O)/C(=C/N(C)c1ccc2[nH]c(=O)oc2c1)C(=O)N(C=O)C1CCc2c1cccc2C(F)(F)F. The molecule has 12 heteroatoms. The molecule has 0 fully saturated rings. The Balaban J connectivity index is 1.70. The normalized spacial score (nSPS) is 15.4. The number of nitrogens with one attached hydrogen (secondary N) is 1. The fourth-order valence-electron chi connectivity index (χ4n) is 4.41. The molecule has 4 rings (SSSR count). The molecule has 194 valence electrons. The summed E-state index contributed by atoms with van der Waals surface area (Å²) in [6.07, 6.45) is -3.15. The number of oxazole rings is 1. The van der Waals surface area contributed by atoms with E-state index in [-0.39, 0.29) is 42.6 Å². The zero-order valence-electron chi connectivity index (χ0n) is 19.8. The van der Waals surface area contributed by atoms with E-state index in [2.05, 4.69) is 4.98 Å². The van der Waals surface area contributed by atoms with Gasteiger partial charge >= 0.3 is 17.9 Å². The summed E-state index contributed by atoms with van der Waals surface area (Å²) in [6.45, 7) is 1.48. The van der Waals surface area contributed by atoms with Crippen LogP contribution in [0.25, 0.3) is 11.1 Å². The highest BCUT2D eigenvalue weighted by atomic mass is 19.4. The van der Waals surface area contributed by atoms with Crippen molar-refractivity contribution in [2.45, 2.75) is 32.0 Å². The van der Waals surface area contributed by atoms with E-state index in [9.17, 15) is 32.3 Å². The molecular formula is C25H22F3N3O6. The Labute approximate surface area is 208 Å². The number of carbonyl (C=O) groups excluding carboxylic acids is 3. The Morgan fingerprint density at radius 3 is 2.68 bits per heavy atom. The van der Waals surface area contributed by atoms with E-state index in [0.29, 0.717) is 11.2 Å². The quantitative estimate of drug-likeness (QED) is 0.167. The first-order valence-electron chi connectivity index (χ1n) is 11.3. The number of aromatic amines is 1. The average molecular weight is 517 g/mol. The van der Waals surface area contributed by atoms with Gasteiger partial charge in [-0.1, -0.05) is 12.1 Å². The van der Waals surface area contributed by atoms with Crippen molar-refractivity contribution in [2.75, 3.05) is 18.6 Å². The molecule has 0 saturated carbocycles. The molecule has 3 aromatic rings. The van der Waals surface area contributed by atoms with Crippen LogP contribution in [0.2, 0.25) is 0 Å². The van der Waals surface area contributed by atoms with Gasteiger partial charge in [-0.3, -0.25) is 19.5 Å². The summed E-state index contributed by atoms with van der Waals surface area (Å²) >= 11 is 0. The van der Waals surface area contributed by atoms with Crippen LogP contribution >= 0.6 is 0 Å². The molecule has 0 aliphatic heterocycles. The summed E-state index contributed by atoms with van der Waals surface area (Å²) in [5.41, 5.74) is -0.00332. The predicted octanol–water partition coefficient (Wildman–Crippen LogP) is 3.70. The van der Waals surface area contributed by atoms with Crippen LogP contribution in [0.1, 0.15) is 36.1 Å². The lowest BCUT2D eigenvalue weighted by Gasteiger charge is -2.25. The fraction of sp³-hybridized carbons (Fsp3) is 0.280. The molecule has 1 aromatic heterocycles. The molecule has 0 bridgehead atoms. The minimum Gasteiger partial charge on any atom is -0.462 e. The third kappa shape index (κ3) is 4.99. The Hall–Kier alpha value is -4.35. The second-order valence-electron chi connectivity index (χ2n) is 8.31. The maximum Gasteiger partial charge on any atom is 0.417 e. The van der Waals surface area contributed by atoms with Gasteiger partial charge in [0.25, 0.3) is 5.91 Å². The van der Waals surface area contributed by atoms with E-state index in [1.54, 1.807) is 12.1 Å². The lowest BCUT2D eigenvalue weighted by Crippen LogP contribution is -2.37. The molecule has 37 heavy (non-hydrogen) atoms. The standard InChI is InChI=1S/C25H22F3N3O6/c1-3-36-23(34)17(12-30(2)14-7-9-19-21(11-14)37-24(35)29-19)22(33)31(13-32)20-10-8-15-16(20)5-4-6-18(15)25(26,27)28/h4-7,9,11-13,20H,3,8,10H2,1-2H3,(H,29,35)/b17-12+. The van der Waals surface area contributed by atoms with Crippen LogP contribution in [0.15, 0.2) is 57.4 Å². The summed E-state index contributed by atoms with van der Waals surface area (Å²) in [4.78, 5) is 54.3. The number of benzene rings is 2. The van der Waals surface area contributed by atoms with Gasteiger partial charge in [0, 0.05) is 25.0 Å². The number of carbonyl (C=O) groups is 3. The summed E-state index contributed by atoms with van der Waals surface area (Å²) in [5.74, 6) is -2.69.